The normalized spacial score (nSPS) is 10.2. The number of hydrogen-bond acceptors (Lipinski definition) is 2. The zero-order valence-corrected chi connectivity index (χ0v) is 12.1. The Balaban J connectivity index is 2.17. The lowest BCUT2D eigenvalue weighted by molar-refractivity contribution is 0.922. The van der Waals surface area contributed by atoms with E-state index in [0.29, 0.717) is 4.99 Å². The number of aryl methyl sites for hydroxylation is 1. The molecule has 0 atom stereocenters. The van der Waals surface area contributed by atoms with Crippen molar-refractivity contribution >= 4 is 22.9 Å². The van der Waals surface area contributed by atoms with Crippen molar-refractivity contribution in [3.8, 4) is 0 Å². The van der Waals surface area contributed by atoms with Gasteiger partial charge in [0.25, 0.3) is 0 Å². The molecule has 2 aromatic rings. The molecule has 0 saturated carbocycles. The van der Waals surface area contributed by atoms with Crippen molar-refractivity contribution in [1.29, 1.82) is 0 Å². The molecule has 0 unspecified atom stereocenters. The van der Waals surface area contributed by atoms with Crippen LogP contribution in [0, 0.1) is 6.92 Å². The van der Waals surface area contributed by atoms with Gasteiger partial charge in [-0.15, -0.1) is 0 Å². The highest BCUT2D eigenvalue weighted by atomic mass is 32.1. The summed E-state index contributed by atoms with van der Waals surface area (Å²) in [4.78, 5) is 2.66. The first-order valence-electron chi connectivity index (χ1n) is 6.23. The number of thiocarbonyl (C=S) groups is 1. The van der Waals surface area contributed by atoms with E-state index >= 15 is 0 Å². The Kier molecular flexibility index (Phi) is 4.17. The molecule has 2 N–H and O–H groups in total. The van der Waals surface area contributed by atoms with Crippen molar-refractivity contribution in [1.82, 2.24) is 0 Å². The van der Waals surface area contributed by atoms with E-state index in [2.05, 4.69) is 55.3 Å². The Labute approximate surface area is 119 Å². The van der Waals surface area contributed by atoms with Crippen molar-refractivity contribution in [3.05, 3.63) is 65.2 Å². The molecule has 98 valence electrons. The summed E-state index contributed by atoms with van der Waals surface area (Å²) < 4.78 is 0. The summed E-state index contributed by atoms with van der Waals surface area (Å²) in [6.07, 6.45) is 0. The van der Waals surface area contributed by atoms with Crippen molar-refractivity contribution in [2.75, 3.05) is 11.9 Å². The van der Waals surface area contributed by atoms with Crippen LogP contribution < -0.4 is 10.6 Å². The summed E-state index contributed by atoms with van der Waals surface area (Å²) in [5.41, 5.74) is 10.3. The molecule has 0 saturated heterocycles. The molecule has 0 fully saturated rings. The molecule has 0 radical (unpaired) electrons. The number of benzene rings is 2. The Morgan fingerprint density at radius 1 is 1.16 bits per heavy atom. The van der Waals surface area contributed by atoms with Gasteiger partial charge in [0.2, 0.25) is 0 Å². The summed E-state index contributed by atoms with van der Waals surface area (Å²) in [6, 6.07) is 16.5. The van der Waals surface area contributed by atoms with Gasteiger partial charge < -0.3 is 10.6 Å². The Morgan fingerprint density at radius 3 is 2.58 bits per heavy atom. The molecule has 0 aliphatic rings. The fourth-order valence-electron chi connectivity index (χ4n) is 2.05. The third-order valence-corrected chi connectivity index (χ3v) is 3.31. The molecule has 0 aromatic heterocycles. The summed E-state index contributed by atoms with van der Waals surface area (Å²) in [5, 5.41) is 0. The molecule has 0 aliphatic carbocycles. The van der Waals surface area contributed by atoms with Gasteiger partial charge in [0.1, 0.15) is 4.99 Å². The second-order valence-electron chi connectivity index (χ2n) is 4.76. The van der Waals surface area contributed by atoms with Gasteiger partial charge in [0, 0.05) is 24.8 Å². The van der Waals surface area contributed by atoms with E-state index < -0.39 is 0 Å². The summed E-state index contributed by atoms with van der Waals surface area (Å²) in [7, 11) is 2.09. The average Bonchev–Trinajstić information content (AvgIpc) is 2.39. The predicted octanol–water partition coefficient (Wildman–Crippen LogP) is 3.27. The maximum absolute atomic E-state index is 5.66. The molecular weight excluding hydrogens is 252 g/mol. The van der Waals surface area contributed by atoms with Crippen molar-refractivity contribution in [2.24, 2.45) is 5.73 Å². The molecule has 2 rings (SSSR count). The number of nitrogens with two attached hydrogens (primary N) is 1. The fraction of sp³-hybridized carbons (Fsp3) is 0.188. The molecule has 0 aliphatic heterocycles. The Hall–Kier alpha value is -1.87. The minimum atomic E-state index is 0.444. The van der Waals surface area contributed by atoms with E-state index in [-0.39, 0.29) is 0 Å². The second-order valence-corrected chi connectivity index (χ2v) is 5.20. The Morgan fingerprint density at radius 2 is 1.89 bits per heavy atom. The molecule has 2 nitrogen and oxygen atoms in total. The van der Waals surface area contributed by atoms with Gasteiger partial charge in [-0.05, 0) is 36.2 Å². The van der Waals surface area contributed by atoms with E-state index in [0.717, 1.165) is 12.1 Å². The molecule has 0 bridgehead atoms. The van der Waals surface area contributed by atoms with Gasteiger partial charge in [-0.3, -0.25) is 0 Å². The minimum Gasteiger partial charge on any atom is -0.389 e. The number of hydrogen-bond donors (Lipinski definition) is 1. The van der Waals surface area contributed by atoms with E-state index in [4.69, 9.17) is 18.0 Å². The largest absolute Gasteiger partial charge is 0.389 e. The lowest BCUT2D eigenvalue weighted by atomic mass is 10.1. The lowest BCUT2D eigenvalue weighted by Crippen LogP contribution is -2.17. The standard InChI is InChI=1S/C16H18N2S/c1-12-5-3-8-15(9-12)18(2)11-13-6-4-7-14(10-13)16(17)19/h3-10H,11H2,1-2H3,(H2,17,19). The van der Waals surface area contributed by atoms with Crippen molar-refractivity contribution < 1.29 is 0 Å². The maximum Gasteiger partial charge on any atom is 0.103 e. The summed E-state index contributed by atoms with van der Waals surface area (Å²) >= 11 is 5.01. The third-order valence-electron chi connectivity index (χ3n) is 3.07. The molecular formula is C16H18N2S. The molecule has 0 amide bonds. The highest BCUT2D eigenvalue weighted by molar-refractivity contribution is 7.80. The number of nitrogens with zero attached hydrogens (tertiary/aromatic N) is 1. The van der Waals surface area contributed by atoms with Crippen LogP contribution in [-0.4, -0.2) is 12.0 Å². The van der Waals surface area contributed by atoms with Crippen LogP contribution in [0.4, 0.5) is 5.69 Å². The predicted molar refractivity (Wildman–Crippen MR) is 85.6 cm³/mol. The molecule has 3 heteroatoms. The zero-order valence-electron chi connectivity index (χ0n) is 11.3. The van der Waals surface area contributed by atoms with Crippen LogP contribution in [0.5, 0.6) is 0 Å². The van der Waals surface area contributed by atoms with Crippen LogP contribution in [0.1, 0.15) is 16.7 Å². The van der Waals surface area contributed by atoms with E-state index in [9.17, 15) is 0 Å². The monoisotopic (exact) mass is 270 g/mol. The highest BCUT2D eigenvalue weighted by Crippen LogP contribution is 2.17. The topological polar surface area (TPSA) is 29.3 Å². The molecule has 0 heterocycles. The third kappa shape index (κ3) is 3.55. The van der Waals surface area contributed by atoms with E-state index in [1.54, 1.807) is 0 Å². The average molecular weight is 270 g/mol. The van der Waals surface area contributed by atoms with Gasteiger partial charge in [-0.2, -0.15) is 0 Å². The summed E-state index contributed by atoms with van der Waals surface area (Å²) in [6.45, 7) is 2.94. The quantitative estimate of drug-likeness (QED) is 0.865. The Bertz CT molecular complexity index is 593. The maximum atomic E-state index is 5.66. The number of anilines is 1. The highest BCUT2D eigenvalue weighted by Gasteiger charge is 2.04. The van der Waals surface area contributed by atoms with Crippen LogP contribution in [0.2, 0.25) is 0 Å². The van der Waals surface area contributed by atoms with Crippen LogP contribution in [0.25, 0.3) is 0 Å². The fourth-order valence-corrected chi connectivity index (χ4v) is 2.18. The van der Waals surface area contributed by atoms with Gasteiger partial charge in [0.15, 0.2) is 0 Å². The molecule has 0 spiro atoms. The van der Waals surface area contributed by atoms with Crippen molar-refractivity contribution in [3.63, 3.8) is 0 Å². The van der Waals surface area contributed by atoms with Crippen LogP contribution in [-0.2, 0) is 6.54 Å². The smallest absolute Gasteiger partial charge is 0.103 e. The zero-order chi connectivity index (χ0) is 13.8. The van der Waals surface area contributed by atoms with Crippen LogP contribution in [0.3, 0.4) is 0 Å². The van der Waals surface area contributed by atoms with Gasteiger partial charge in [-0.25, -0.2) is 0 Å². The molecule has 19 heavy (non-hydrogen) atoms. The molecule has 2 aromatic carbocycles. The minimum absolute atomic E-state index is 0.444. The number of rotatable bonds is 4. The second kappa shape index (κ2) is 5.85. The first-order chi connectivity index (χ1) is 9.06. The summed E-state index contributed by atoms with van der Waals surface area (Å²) in [5.74, 6) is 0. The van der Waals surface area contributed by atoms with Crippen molar-refractivity contribution in [2.45, 2.75) is 13.5 Å². The van der Waals surface area contributed by atoms with E-state index in [1.165, 1.54) is 16.8 Å². The van der Waals surface area contributed by atoms with Gasteiger partial charge in [0.05, 0.1) is 0 Å². The van der Waals surface area contributed by atoms with Crippen LogP contribution >= 0.6 is 12.2 Å². The van der Waals surface area contributed by atoms with Gasteiger partial charge in [-0.1, -0.05) is 42.5 Å². The van der Waals surface area contributed by atoms with E-state index in [1.807, 2.05) is 12.1 Å². The first-order valence-corrected chi connectivity index (χ1v) is 6.63. The van der Waals surface area contributed by atoms with Crippen LogP contribution in [0.15, 0.2) is 48.5 Å². The first kappa shape index (κ1) is 13.6. The van der Waals surface area contributed by atoms with Gasteiger partial charge >= 0.3 is 0 Å². The SMILES string of the molecule is Cc1cccc(N(C)Cc2cccc(C(N)=S)c2)c1. The lowest BCUT2D eigenvalue weighted by Gasteiger charge is -2.20.